The van der Waals surface area contributed by atoms with Gasteiger partial charge >= 0.3 is 12.0 Å². The Morgan fingerprint density at radius 2 is 1.86 bits per heavy atom. The molecule has 1 aliphatic rings. The molecular formula is C16H30N2O3. The number of rotatable bonds is 5. The fourth-order valence-electron chi connectivity index (χ4n) is 2.88. The third-order valence-electron chi connectivity index (χ3n) is 4.54. The van der Waals surface area contributed by atoms with Crippen molar-refractivity contribution < 1.29 is 14.7 Å². The van der Waals surface area contributed by atoms with Gasteiger partial charge in [0, 0.05) is 12.6 Å². The van der Waals surface area contributed by atoms with Crippen molar-refractivity contribution in [3.05, 3.63) is 0 Å². The predicted octanol–water partition coefficient (Wildman–Crippen LogP) is 3.00. The van der Waals surface area contributed by atoms with E-state index in [0.717, 1.165) is 0 Å². The lowest BCUT2D eigenvalue weighted by Gasteiger charge is -2.32. The quantitative estimate of drug-likeness (QED) is 0.730. The molecule has 0 aromatic carbocycles. The summed E-state index contributed by atoms with van der Waals surface area (Å²) in [6.07, 6.45) is 4.87. The van der Waals surface area contributed by atoms with Gasteiger partial charge in [0.15, 0.2) is 0 Å². The molecule has 5 heteroatoms. The summed E-state index contributed by atoms with van der Waals surface area (Å²) in [5.74, 6) is 0.296. The number of carboxylic acid groups (broad SMARTS) is 1. The first kappa shape index (κ1) is 17.8. The first-order valence-electron chi connectivity index (χ1n) is 7.96. The van der Waals surface area contributed by atoms with Crippen molar-refractivity contribution in [2.45, 2.75) is 65.8 Å². The van der Waals surface area contributed by atoms with Crippen molar-refractivity contribution in [3.63, 3.8) is 0 Å². The second-order valence-corrected chi connectivity index (χ2v) is 7.39. The smallest absolute Gasteiger partial charge is 0.315 e. The lowest BCUT2D eigenvalue weighted by Crippen LogP contribution is -2.50. The molecule has 3 atom stereocenters. The topological polar surface area (TPSA) is 78.4 Å². The van der Waals surface area contributed by atoms with Crippen LogP contribution in [0.2, 0.25) is 0 Å². The maximum absolute atomic E-state index is 12.0. The van der Waals surface area contributed by atoms with E-state index in [1.807, 2.05) is 20.8 Å². The Morgan fingerprint density at radius 1 is 1.24 bits per heavy atom. The molecule has 0 spiro atoms. The highest BCUT2D eigenvalue weighted by Crippen LogP contribution is 2.28. The minimum atomic E-state index is -0.892. The van der Waals surface area contributed by atoms with E-state index >= 15 is 0 Å². The zero-order valence-corrected chi connectivity index (χ0v) is 13.7. The molecule has 0 aliphatic heterocycles. The SMILES string of the molecule is CC1CCCCC1CNC(=O)NC(CC(=O)O)C(C)(C)C. The third-order valence-corrected chi connectivity index (χ3v) is 4.54. The summed E-state index contributed by atoms with van der Waals surface area (Å²) in [5.41, 5.74) is -0.284. The van der Waals surface area contributed by atoms with Crippen LogP contribution < -0.4 is 10.6 Å². The van der Waals surface area contributed by atoms with Crippen molar-refractivity contribution >= 4 is 12.0 Å². The summed E-state index contributed by atoms with van der Waals surface area (Å²) in [6, 6.07) is -0.632. The minimum absolute atomic E-state index is 0.0588. The number of carbonyl (C=O) groups is 2. The van der Waals surface area contributed by atoms with Crippen LogP contribution in [0, 0.1) is 17.3 Å². The number of carbonyl (C=O) groups excluding carboxylic acids is 1. The standard InChI is InChI=1S/C16H30N2O3/c1-11-7-5-6-8-12(11)10-17-15(21)18-13(9-14(19)20)16(2,3)4/h11-13H,5-10H2,1-4H3,(H,19,20)(H2,17,18,21). The summed E-state index contributed by atoms with van der Waals surface area (Å²) >= 11 is 0. The zero-order chi connectivity index (χ0) is 16.0. The highest BCUT2D eigenvalue weighted by atomic mass is 16.4. The van der Waals surface area contributed by atoms with Crippen molar-refractivity contribution in [1.82, 2.24) is 10.6 Å². The summed E-state index contributed by atoms with van der Waals surface area (Å²) in [7, 11) is 0. The van der Waals surface area contributed by atoms with E-state index in [4.69, 9.17) is 5.11 Å². The fourth-order valence-corrected chi connectivity index (χ4v) is 2.88. The zero-order valence-electron chi connectivity index (χ0n) is 13.7. The fraction of sp³-hybridized carbons (Fsp3) is 0.875. The van der Waals surface area contributed by atoms with E-state index in [9.17, 15) is 9.59 Å². The van der Waals surface area contributed by atoms with E-state index in [2.05, 4.69) is 17.6 Å². The summed E-state index contributed by atoms with van der Waals surface area (Å²) in [4.78, 5) is 22.9. The van der Waals surface area contributed by atoms with E-state index in [0.29, 0.717) is 18.4 Å². The van der Waals surface area contributed by atoms with Gasteiger partial charge in [0.25, 0.3) is 0 Å². The molecule has 2 amide bonds. The van der Waals surface area contributed by atoms with Crippen LogP contribution in [0.25, 0.3) is 0 Å². The van der Waals surface area contributed by atoms with Crippen molar-refractivity contribution in [3.8, 4) is 0 Å². The molecule has 0 bridgehead atoms. The van der Waals surface area contributed by atoms with E-state index in [1.165, 1.54) is 25.7 Å². The predicted molar refractivity (Wildman–Crippen MR) is 83.2 cm³/mol. The molecule has 1 rings (SSSR count). The van der Waals surface area contributed by atoms with Crippen LogP contribution >= 0.6 is 0 Å². The molecule has 3 N–H and O–H groups in total. The molecule has 3 unspecified atom stereocenters. The Labute approximate surface area is 127 Å². The molecule has 122 valence electrons. The summed E-state index contributed by atoms with van der Waals surface area (Å²) in [6.45, 7) is 8.72. The molecule has 1 saturated carbocycles. The monoisotopic (exact) mass is 298 g/mol. The van der Waals surface area contributed by atoms with Crippen LogP contribution in [0.15, 0.2) is 0 Å². The van der Waals surface area contributed by atoms with Crippen LogP contribution in [0.4, 0.5) is 4.79 Å². The molecule has 0 aromatic heterocycles. The Kier molecular flexibility index (Phi) is 6.49. The van der Waals surface area contributed by atoms with Gasteiger partial charge in [-0.1, -0.05) is 47.0 Å². The first-order valence-corrected chi connectivity index (χ1v) is 7.96. The Morgan fingerprint density at radius 3 is 2.38 bits per heavy atom. The average Bonchev–Trinajstić information content (AvgIpc) is 2.35. The molecule has 0 radical (unpaired) electrons. The average molecular weight is 298 g/mol. The number of aliphatic carboxylic acids is 1. The highest BCUT2D eigenvalue weighted by Gasteiger charge is 2.29. The van der Waals surface area contributed by atoms with Gasteiger partial charge in [-0.05, 0) is 23.7 Å². The van der Waals surface area contributed by atoms with Crippen LogP contribution in [0.5, 0.6) is 0 Å². The van der Waals surface area contributed by atoms with Gasteiger partial charge in [0.2, 0.25) is 0 Å². The van der Waals surface area contributed by atoms with E-state index < -0.39 is 5.97 Å². The maximum Gasteiger partial charge on any atom is 0.315 e. The molecule has 0 aromatic rings. The largest absolute Gasteiger partial charge is 0.481 e. The van der Waals surface area contributed by atoms with Crippen LogP contribution in [-0.4, -0.2) is 29.7 Å². The van der Waals surface area contributed by atoms with Gasteiger partial charge in [-0.15, -0.1) is 0 Å². The number of amides is 2. The molecular weight excluding hydrogens is 268 g/mol. The van der Waals surface area contributed by atoms with Crippen molar-refractivity contribution in [2.75, 3.05) is 6.54 Å². The van der Waals surface area contributed by atoms with Gasteiger partial charge in [-0.3, -0.25) is 4.79 Å². The molecule has 1 fully saturated rings. The number of urea groups is 1. The van der Waals surface area contributed by atoms with Crippen molar-refractivity contribution in [1.29, 1.82) is 0 Å². The maximum atomic E-state index is 12.0. The Hall–Kier alpha value is -1.26. The number of hydrogen-bond donors (Lipinski definition) is 3. The van der Waals surface area contributed by atoms with Crippen LogP contribution in [-0.2, 0) is 4.79 Å². The normalized spacial score (nSPS) is 24.2. The second-order valence-electron chi connectivity index (χ2n) is 7.39. The Balaban J connectivity index is 2.44. The number of carboxylic acids is 1. The van der Waals surface area contributed by atoms with Gasteiger partial charge in [0.1, 0.15) is 0 Å². The second kappa shape index (κ2) is 7.66. The van der Waals surface area contributed by atoms with Crippen molar-refractivity contribution in [2.24, 2.45) is 17.3 Å². The highest BCUT2D eigenvalue weighted by molar-refractivity contribution is 5.75. The van der Waals surface area contributed by atoms with E-state index in [-0.39, 0.29) is 23.9 Å². The summed E-state index contributed by atoms with van der Waals surface area (Å²) in [5, 5.41) is 14.7. The van der Waals surface area contributed by atoms with E-state index in [1.54, 1.807) is 0 Å². The number of hydrogen-bond acceptors (Lipinski definition) is 2. The van der Waals surface area contributed by atoms with Gasteiger partial charge in [0.05, 0.1) is 6.42 Å². The molecule has 0 heterocycles. The molecule has 1 aliphatic carbocycles. The lowest BCUT2D eigenvalue weighted by atomic mass is 9.80. The third kappa shape index (κ3) is 6.36. The van der Waals surface area contributed by atoms with Crippen LogP contribution in [0.1, 0.15) is 59.8 Å². The van der Waals surface area contributed by atoms with Gasteiger partial charge in [-0.25, -0.2) is 4.79 Å². The summed E-state index contributed by atoms with van der Waals surface area (Å²) < 4.78 is 0. The lowest BCUT2D eigenvalue weighted by molar-refractivity contribution is -0.138. The minimum Gasteiger partial charge on any atom is -0.481 e. The first-order chi connectivity index (χ1) is 9.70. The van der Waals surface area contributed by atoms with Gasteiger partial charge < -0.3 is 15.7 Å². The van der Waals surface area contributed by atoms with Crippen LogP contribution in [0.3, 0.4) is 0 Å². The Bertz CT molecular complexity index is 363. The van der Waals surface area contributed by atoms with Gasteiger partial charge in [-0.2, -0.15) is 0 Å². The molecule has 0 saturated heterocycles. The molecule has 21 heavy (non-hydrogen) atoms. The molecule has 5 nitrogen and oxygen atoms in total. The number of nitrogens with one attached hydrogen (secondary N) is 2.